The summed E-state index contributed by atoms with van der Waals surface area (Å²) in [6, 6.07) is 15.3. The second-order valence-corrected chi connectivity index (χ2v) is 6.33. The predicted octanol–water partition coefficient (Wildman–Crippen LogP) is 3.69. The summed E-state index contributed by atoms with van der Waals surface area (Å²) in [5, 5.41) is 14.4. The van der Waals surface area contributed by atoms with E-state index < -0.39 is 0 Å². The molecule has 3 aromatic rings. The third kappa shape index (κ3) is 4.21. The number of fused-ring (bicyclic) bond motifs is 1. The van der Waals surface area contributed by atoms with Crippen molar-refractivity contribution in [3.05, 3.63) is 65.3 Å². The molecule has 1 heterocycles. The molecule has 6 heteroatoms. The van der Waals surface area contributed by atoms with E-state index in [-0.39, 0.29) is 5.91 Å². The molecule has 0 unspecified atom stereocenters. The highest BCUT2D eigenvalue weighted by Crippen LogP contribution is 2.24. The zero-order chi connectivity index (χ0) is 16.1. The molecule has 0 bridgehead atoms. The lowest BCUT2D eigenvalue weighted by Crippen LogP contribution is -2.24. The average molecular weight is 344 g/mol. The van der Waals surface area contributed by atoms with Crippen molar-refractivity contribution in [1.82, 2.24) is 15.5 Å². The molecule has 116 valence electrons. The molecule has 1 N–H and O–H groups in total. The molecule has 0 atom stereocenters. The third-order valence-corrected chi connectivity index (χ3v) is 4.47. The summed E-state index contributed by atoms with van der Waals surface area (Å²) in [5.41, 5.74) is 0.973. The van der Waals surface area contributed by atoms with Crippen molar-refractivity contribution < 1.29 is 4.79 Å². The average Bonchev–Trinajstić information content (AvgIpc) is 2.58. The number of halogens is 1. The Balaban J connectivity index is 1.58. The van der Waals surface area contributed by atoms with Gasteiger partial charge < -0.3 is 5.32 Å². The highest BCUT2D eigenvalue weighted by Gasteiger charge is 2.07. The number of aromatic nitrogens is 2. The first-order valence-corrected chi connectivity index (χ1v) is 8.43. The zero-order valence-corrected chi connectivity index (χ0v) is 13.8. The van der Waals surface area contributed by atoms with Gasteiger partial charge in [0.2, 0.25) is 5.91 Å². The van der Waals surface area contributed by atoms with E-state index in [4.69, 9.17) is 11.6 Å². The minimum Gasteiger partial charge on any atom is -0.351 e. The van der Waals surface area contributed by atoms with Crippen LogP contribution in [0.15, 0.2) is 59.8 Å². The number of hydrogen-bond donors (Lipinski definition) is 1. The van der Waals surface area contributed by atoms with E-state index >= 15 is 0 Å². The smallest absolute Gasteiger partial charge is 0.230 e. The molecule has 23 heavy (non-hydrogen) atoms. The van der Waals surface area contributed by atoms with Gasteiger partial charge in [0.25, 0.3) is 0 Å². The first kappa shape index (κ1) is 15.8. The Bertz CT molecular complexity index is 835. The molecule has 0 fully saturated rings. The van der Waals surface area contributed by atoms with Crippen LogP contribution >= 0.6 is 23.4 Å². The van der Waals surface area contributed by atoms with Gasteiger partial charge in [-0.25, -0.2) is 0 Å². The number of carbonyl (C=O) groups excluding carboxylic acids is 1. The Morgan fingerprint density at radius 3 is 2.91 bits per heavy atom. The van der Waals surface area contributed by atoms with Crippen LogP contribution in [-0.2, 0) is 11.3 Å². The minimum absolute atomic E-state index is 0.0512. The maximum Gasteiger partial charge on any atom is 0.230 e. The molecule has 0 spiro atoms. The fourth-order valence-corrected chi connectivity index (χ4v) is 3.17. The molecule has 1 amide bonds. The molecule has 0 aliphatic carbocycles. The molecule has 0 aliphatic heterocycles. The molecule has 0 aliphatic rings. The molecule has 2 aromatic carbocycles. The summed E-state index contributed by atoms with van der Waals surface area (Å²) in [4.78, 5) is 12.0. The van der Waals surface area contributed by atoms with Crippen molar-refractivity contribution in [3.63, 3.8) is 0 Å². The largest absolute Gasteiger partial charge is 0.351 e. The van der Waals surface area contributed by atoms with Crippen LogP contribution in [0.4, 0.5) is 0 Å². The van der Waals surface area contributed by atoms with E-state index in [1.54, 1.807) is 6.20 Å². The number of nitrogens with one attached hydrogen (secondary N) is 1. The quantitative estimate of drug-likeness (QED) is 0.718. The molecular formula is C17H14ClN3OS. The zero-order valence-electron chi connectivity index (χ0n) is 12.2. The van der Waals surface area contributed by atoms with E-state index in [2.05, 4.69) is 15.5 Å². The van der Waals surface area contributed by atoms with Crippen LogP contribution in [0.1, 0.15) is 5.56 Å². The fraction of sp³-hybridized carbons (Fsp3) is 0.118. The van der Waals surface area contributed by atoms with Crippen LogP contribution < -0.4 is 5.32 Å². The van der Waals surface area contributed by atoms with Crippen molar-refractivity contribution in [2.45, 2.75) is 11.6 Å². The summed E-state index contributed by atoms with van der Waals surface area (Å²) >= 11 is 7.31. The van der Waals surface area contributed by atoms with Crippen molar-refractivity contribution in [3.8, 4) is 0 Å². The Morgan fingerprint density at radius 1 is 1.17 bits per heavy atom. The summed E-state index contributed by atoms with van der Waals surface area (Å²) in [5.74, 6) is 0.244. The number of carbonyl (C=O) groups is 1. The number of thioether (sulfide) groups is 1. The van der Waals surface area contributed by atoms with E-state index in [9.17, 15) is 4.79 Å². The monoisotopic (exact) mass is 343 g/mol. The second-order valence-electron chi connectivity index (χ2n) is 4.93. The van der Waals surface area contributed by atoms with Crippen LogP contribution in [0.5, 0.6) is 0 Å². The van der Waals surface area contributed by atoms with Gasteiger partial charge in [0.1, 0.15) is 5.03 Å². The maximum absolute atomic E-state index is 12.0. The molecular weight excluding hydrogens is 330 g/mol. The molecule has 0 saturated carbocycles. The maximum atomic E-state index is 12.0. The summed E-state index contributed by atoms with van der Waals surface area (Å²) in [6.07, 6.45) is 1.72. The van der Waals surface area contributed by atoms with Crippen LogP contribution in [0.2, 0.25) is 5.02 Å². The molecule has 1 aromatic heterocycles. The number of benzene rings is 2. The lowest BCUT2D eigenvalue weighted by molar-refractivity contribution is -0.118. The standard InChI is InChI=1S/C17H14ClN3OS/c18-14-6-3-4-12(8-14)9-19-16(22)11-23-17-15-7-2-1-5-13(15)10-20-21-17/h1-8,10H,9,11H2,(H,19,22). The number of hydrogen-bond acceptors (Lipinski definition) is 4. The van der Waals surface area contributed by atoms with E-state index in [1.165, 1.54) is 11.8 Å². The van der Waals surface area contributed by atoms with Crippen LogP contribution in [0.3, 0.4) is 0 Å². The summed E-state index contributed by atoms with van der Waals surface area (Å²) < 4.78 is 0. The molecule has 4 nitrogen and oxygen atoms in total. The number of rotatable bonds is 5. The van der Waals surface area contributed by atoms with Gasteiger partial charge in [-0.2, -0.15) is 5.10 Å². The topological polar surface area (TPSA) is 54.9 Å². The first-order valence-electron chi connectivity index (χ1n) is 7.07. The normalized spacial score (nSPS) is 10.7. The highest BCUT2D eigenvalue weighted by molar-refractivity contribution is 8.00. The van der Waals surface area contributed by atoms with Crippen molar-refractivity contribution in [2.24, 2.45) is 0 Å². The Labute approximate surface area is 143 Å². The van der Waals surface area contributed by atoms with Gasteiger partial charge in [-0.15, -0.1) is 5.10 Å². The van der Waals surface area contributed by atoms with Crippen molar-refractivity contribution in [1.29, 1.82) is 0 Å². The second kappa shape index (κ2) is 7.44. The number of amides is 1. The van der Waals surface area contributed by atoms with Gasteiger partial charge in [0.05, 0.1) is 11.9 Å². The van der Waals surface area contributed by atoms with Gasteiger partial charge in [0, 0.05) is 22.3 Å². The van der Waals surface area contributed by atoms with Crippen molar-refractivity contribution in [2.75, 3.05) is 5.75 Å². The SMILES string of the molecule is O=C(CSc1nncc2ccccc12)NCc1cccc(Cl)c1. The lowest BCUT2D eigenvalue weighted by Gasteiger charge is -2.06. The van der Waals surface area contributed by atoms with Gasteiger partial charge in [-0.05, 0) is 17.7 Å². The van der Waals surface area contributed by atoms with Crippen LogP contribution in [0.25, 0.3) is 10.8 Å². The Kier molecular flexibility index (Phi) is 5.10. The highest BCUT2D eigenvalue weighted by atomic mass is 35.5. The minimum atomic E-state index is -0.0512. The molecule has 0 radical (unpaired) electrons. The van der Waals surface area contributed by atoms with E-state index in [1.807, 2.05) is 48.5 Å². The Morgan fingerprint density at radius 2 is 2.04 bits per heavy atom. The van der Waals surface area contributed by atoms with Gasteiger partial charge in [-0.1, -0.05) is 59.8 Å². The van der Waals surface area contributed by atoms with E-state index in [0.29, 0.717) is 17.3 Å². The number of nitrogens with zero attached hydrogens (tertiary/aromatic N) is 2. The molecule has 3 rings (SSSR count). The van der Waals surface area contributed by atoms with Gasteiger partial charge in [-0.3, -0.25) is 4.79 Å². The van der Waals surface area contributed by atoms with Gasteiger partial charge >= 0.3 is 0 Å². The first-order chi connectivity index (χ1) is 11.2. The summed E-state index contributed by atoms with van der Waals surface area (Å²) in [7, 11) is 0. The summed E-state index contributed by atoms with van der Waals surface area (Å²) in [6.45, 7) is 0.459. The van der Waals surface area contributed by atoms with Crippen molar-refractivity contribution >= 4 is 40.0 Å². The van der Waals surface area contributed by atoms with Crippen LogP contribution in [-0.4, -0.2) is 21.9 Å². The van der Waals surface area contributed by atoms with Crippen LogP contribution in [0, 0.1) is 0 Å². The van der Waals surface area contributed by atoms with Gasteiger partial charge in [0.15, 0.2) is 0 Å². The lowest BCUT2D eigenvalue weighted by atomic mass is 10.2. The fourth-order valence-electron chi connectivity index (χ4n) is 2.14. The van der Waals surface area contributed by atoms with E-state index in [0.717, 1.165) is 21.4 Å². The third-order valence-electron chi connectivity index (χ3n) is 3.26. The molecule has 0 saturated heterocycles. The predicted molar refractivity (Wildman–Crippen MR) is 93.6 cm³/mol. The Hall–Kier alpha value is -2.11.